The van der Waals surface area contributed by atoms with Gasteiger partial charge in [0.25, 0.3) is 0 Å². The molecule has 0 aliphatic carbocycles. The van der Waals surface area contributed by atoms with Gasteiger partial charge in [0.05, 0.1) is 11.7 Å². The second kappa shape index (κ2) is 7.47. The van der Waals surface area contributed by atoms with Crippen molar-refractivity contribution in [1.29, 1.82) is 0 Å². The number of rotatable bonds is 3. The number of carboxylic acids is 1. The number of carbonyl (C=O) groups excluding carboxylic acids is 2. The van der Waals surface area contributed by atoms with Gasteiger partial charge in [0.1, 0.15) is 0 Å². The number of ketones is 1. The van der Waals surface area contributed by atoms with Crippen LogP contribution in [0.4, 0.5) is 0 Å². The van der Waals surface area contributed by atoms with E-state index in [-0.39, 0.29) is 35.3 Å². The number of benzene rings is 1. The van der Waals surface area contributed by atoms with Crippen LogP contribution in [-0.2, 0) is 11.3 Å². The Morgan fingerprint density at radius 2 is 1.87 bits per heavy atom. The van der Waals surface area contributed by atoms with Gasteiger partial charge in [0.2, 0.25) is 5.78 Å². The number of fused-ring (bicyclic) bond motifs is 1. The average molecular weight is 319 g/mol. The Labute approximate surface area is 157 Å². The molecule has 0 radical (unpaired) electrons. The number of nitrogens with zero attached hydrogens (tertiary/aromatic N) is 1. The maximum absolute atomic E-state index is 12.8. The topological polar surface area (TPSA) is 62.1 Å². The molecule has 2 aromatic rings. The molecule has 114 valence electrons. The first-order valence-corrected chi connectivity index (χ1v) is 7.60. The molecule has 0 bridgehead atoms. The molecule has 1 atom stereocenters. The van der Waals surface area contributed by atoms with Crippen LogP contribution in [0, 0.1) is 6.92 Å². The number of aromatic nitrogens is 1. The van der Waals surface area contributed by atoms with Crippen LogP contribution in [0.3, 0.4) is 0 Å². The molecule has 1 unspecified atom stereocenters. The fourth-order valence-electron chi connectivity index (χ4n) is 3.21. The number of hydrogen-bond donors (Lipinski definition) is 0. The Morgan fingerprint density at radius 3 is 2.57 bits per heavy atom. The Hall–Kier alpha value is -1.36. The van der Waals surface area contributed by atoms with Gasteiger partial charge in [-0.3, -0.25) is 4.79 Å². The van der Waals surface area contributed by atoms with Gasteiger partial charge in [-0.2, -0.15) is 0 Å². The summed E-state index contributed by atoms with van der Waals surface area (Å²) in [4.78, 5) is 24.2. The predicted octanol–water partition coefficient (Wildman–Crippen LogP) is -0.951. The Balaban J connectivity index is 0.00000192. The van der Waals surface area contributed by atoms with Crippen LogP contribution >= 0.6 is 0 Å². The number of carbonyl (C=O) groups is 2. The summed E-state index contributed by atoms with van der Waals surface area (Å²) in [7, 11) is 0. The first-order chi connectivity index (χ1) is 10.6. The van der Waals surface area contributed by atoms with Crippen molar-refractivity contribution in [2.24, 2.45) is 0 Å². The molecule has 0 fully saturated rings. The third-order valence-electron chi connectivity index (χ3n) is 4.40. The summed E-state index contributed by atoms with van der Waals surface area (Å²) in [6.45, 7) is 2.59. The van der Waals surface area contributed by atoms with Crippen LogP contribution in [0.25, 0.3) is 0 Å². The molecular weight excluding hydrogens is 301 g/mol. The summed E-state index contributed by atoms with van der Waals surface area (Å²) < 4.78 is 1.86. The van der Waals surface area contributed by atoms with Crippen LogP contribution in [0.15, 0.2) is 36.4 Å². The van der Waals surface area contributed by atoms with E-state index in [9.17, 15) is 14.7 Å². The van der Waals surface area contributed by atoms with Gasteiger partial charge < -0.3 is 14.5 Å². The van der Waals surface area contributed by atoms with Crippen LogP contribution < -0.4 is 34.7 Å². The van der Waals surface area contributed by atoms with Crippen molar-refractivity contribution in [2.45, 2.75) is 38.6 Å². The monoisotopic (exact) mass is 319 g/mol. The molecule has 5 heteroatoms. The summed E-state index contributed by atoms with van der Waals surface area (Å²) in [5.74, 6) is -1.74. The minimum Gasteiger partial charge on any atom is -0.549 e. The van der Waals surface area contributed by atoms with Crippen LogP contribution in [0.5, 0.6) is 0 Å². The van der Waals surface area contributed by atoms with Crippen LogP contribution in [-0.4, -0.2) is 16.3 Å². The van der Waals surface area contributed by atoms with Crippen molar-refractivity contribution >= 4 is 11.8 Å². The third-order valence-corrected chi connectivity index (χ3v) is 4.40. The number of carboxylic acid groups (broad SMARTS) is 1. The van der Waals surface area contributed by atoms with Crippen molar-refractivity contribution in [2.75, 3.05) is 0 Å². The molecule has 1 aromatic heterocycles. The molecule has 1 aromatic carbocycles. The summed E-state index contributed by atoms with van der Waals surface area (Å²) >= 11 is 0. The van der Waals surface area contributed by atoms with Gasteiger partial charge in [-0.1, -0.05) is 30.7 Å². The zero-order valence-corrected chi connectivity index (χ0v) is 15.5. The van der Waals surface area contributed by atoms with Gasteiger partial charge in [0.15, 0.2) is 0 Å². The fourth-order valence-corrected chi connectivity index (χ4v) is 3.21. The molecule has 1 aliphatic rings. The van der Waals surface area contributed by atoms with Crippen molar-refractivity contribution < 1.29 is 44.3 Å². The molecule has 0 saturated carbocycles. The zero-order chi connectivity index (χ0) is 15.7. The van der Waals surface area contributed by atoms with E-state index in [0.717, 1.165) is 18.4 Å². The van der Waals surface area contributed by atoms with E-state index in [0.29, 0.717) is 29.9 Å². The second-order valence-corrected chi connectivity index (χ2v) is 5.81. The van der Waals surface area contributed by atoms with E-state index in [1.165, 1.54) is 0 Å². The van der Waals surface area contributed by atoms with E-state index in [1.54, 1.807) is 12.1 Å². The summed E-state index contributed by atoms with van der Waals surface area (Å²) in [5, 5.41) is 11.4. The van der Waals surface area contributed by atoms with Crippen molar-refractivity contribution in [3.05, 3.63) is 58.9 Å². The summed E-state index contributed by atoms with van der Waals surface area (Å²) in [6, 6.07) is 11.0. The third kappa shape index (κ3) is 3.44. The van der Waals surface area contributed by atoms with E-state index >= 15 is 0 Å². The van der Waals surface area contributed by atoms with E-state index in [1.807, 2.05) is 35.8 Å². The van der Waals surface area contributed by atoms with Gasteiger partial charge >= 0.3 is 29.6 Å². The normalized spacial score (nSPS) is 16.8. The fraction of sp³-hybridized carbons (Fsp3) is 0.333. The van der Waals surface area contributed by atoms with Crippen LogP contribution in [0.1, 0.15) is 52.5 Å². The smallest absolute Gasteiger partial charge is 0.549 e. The molecule has 0 saturated heterocycles. The number of hydrogen-bond acceptors (Lipinski definition) is 3. The first-order valence-electron chi connectivity index (χ1n) is 7.60. The van der Waals surface area contributed by atoms with Crippen molar-refractivity contribution in [3.63, 3.8) is 0 Å². The standard InChI is InChI=1S/C18H19NO3.Na/c1-12-6-2-3-7-13(12)17(20)16-10-9-15-14(18(21)22)8-4-5-11-19(15)16;/h2-3,6-7,9-10,14H,4-5,8,11H2,1H3,(H,21,22);/q;+1/p-1. The Morgan fingerprint density at radius 1 is 1.13 bits per heavy atom. The van der Waals surface area contributed by atoms with Gasteiger partial charge in [0, 0.05) is 23.7 Å². The predicted molar refractivity (Wildman–Crippen MR) is 80.6 cm³/mol. The maximum atomic E-state index is 12.8. The Bertz CT molecular complexity index is 736. The van der Waals surface area contributed by atoms with Crippen molar-refractivity contribution in [1.82, 2.24) is 4.57 Å². The average Bonchev–Trinajstić information content (AvgIpc) is 2.79. The van der Waals surface area contributed by atoms with Gasteiger partial charge in [-0.15, -0.1) is 0 Å². The largest absolute Gasteiger partial charge is 1.00 e. The molecule has 0 N–H and O–H groups in total. The van der Waals surface area contributed by atoms with Gasteiger partial charge in [-0.25, -0.2) is 0 Å². The Kier molecular flexibility index (Phi) is 5.84. The van der Waals surface area contributed by atoms with Gasteiger partial charge in [-0.05, 0) is 37.5 Å². The minimum absolute atomic E-state index is 0. The molecule has 1 aliphatic heterocycles. The molecule has 3 rings (SSSR count). The molecule has 0 spiro atoms. The number of aliphatic carboxylic acids is 1. The minimum atomic E-state index is -1.06. The quantitative estimate of drug-likeness (QED) is 0.541. The summed E-state index contributed by atoms with van der Waals surface area (Å²) in [5.41, 5.74) is 2.85. The molecular formula is C18H18NNaO3. The molecule has 2 heterocycles. The SMILES string of the molecule is Cc1ccccc1C(=O)c1ccc2n1CCCCC2C(=O)[O-].[Na+]. The molecule has 23 heavy (non-hydrogen) atoms. The summed E-state index contributed by atoms with van der Waals surface area (Å²) in [6.07, 6.45) is 2.28. The number of aryl methyl sites for hydroxylation is 1. The molecule has 4 nitrogen and oxygen atoms in total. The van der Waals surface area contributed by atoms with E-state index < -0.39 is 11.9 Å². The van der Waals surface area contributed by atoms with E-state index in [4.69, 9.17) is 0 Å². The van der Waals surface area contributed by atoms with Crippen LogP contribution in [0.2, 0.25) is 0 Å². The second-order valence-electron chi connectivity index (χ2n) is 5.81. The zero-order valence-electron chi connectivity index (χ0n) is 13.5. The maximum Gasteiger partial charge on any atom is 1.00 e. The van der Waals surface area contributed by atoms with E-state index in [2.05, 4.69) is 0 Å². The molecule has 0 amide bonds. The van der Waals surface area contributed by atoms with Crippen molar-refractivity contribution in [3.8, 4) is 0 Å². The first kappa shape index (κ1) is 18.0.